The zero-order chi connectivity index (χ0) is 21.6. The summed E-state index contributed by atoms with van der Waals surface area (Å²) in [7, 11) is 0. The van der Waals surface area contributed by atoms with Crippen LogP contribution in [0.25, 0.3) is 16.5 Å². The molecule has 0 aliphatic heterocycles. The minimum atomic E-state index is -0.479. The number of carbonyl (C=O) groups is 1. The summed E-state index contributed by atoms with van der Waals surface area (Å²) in [5.74, 6) is -0.479. The first-order valence-corrected chi connectivity index (χ1v) is 10.1. The highest BCUT2D eigenvalue weighted by Gasteiger charge is 2.16. The Morgan fingerprint density at radius 3 is 2.61 bits per heavy atom. The van der Waals surface area contributed by atoms with Crippen LogP contribution in [-0.2, 0) is 6.54 Å². The number of nitrogens with zero attached hydrogens (tertiary/aromatic N) is 5. The van der Waals surface area contributed by atoms with E-state index in [-0.39, 0.29) is 11.3 Å². The van der Waals surface area contributed by atoms with Crippen molar-refractivity contribution in [2.24, 2.45) is 5.10 Å². The zero-order valence-electron chi connectivity index (χ0n) is 17.1. The molecule has 0 aliphatic rings. The lowest BCUT2D eigenvalue weighted by molar-refractivity contribution is 0.0949. The maximum Gasteiger partial charge on any atom is 0.292 e. The summed E-state index contributed by atoms with van der Waals surface area (Å²) in [6.07, 6.45) is 6.70. The Morgan fingerprint density at radius 1 is 1.10 bits per heavy atom. The Balaban J connectivity index is 1.55. The SMILES string of the molecule is CCCCn1nc(C(=O)N/N=C\c2cnn(-c3ccccc3)c2)c2ccccc2c1=O. The van der Waals surface area contributed by atoms with Gasteiger partial charge in [-0.1, -0.05) is 49.7 Å². The van der Waals surface area contributed by atoms with E-state index in [1.807, 2.05) is 43.5 Å². The first kappa shape index (κ1) is 20.2. The highest BCUT2D eigenvalue weighted by molar-refractivity contribution is 6.04. The molecule has 8 nitrogen and oxygen atoms in total. The number of hydrogen-bond donors (Lipinski definition) is 1. The van der Waals surface area contributed by atoms with E-state index in [2.05, 4.69) is 20.7 Å². The fourth-order valence-corrected chi connectivity index (χ4v) is 3.21. The van der Waals surface area contributed by atoms with Crippen LogP contribution < -0.4 is 11.0 Å². The first-order valence-electron chi connectivity index (χ1n) is 10.1. The molecule has 0 saturated carbocycles. The number of hydrazone groups is 1. The van der Waals surface area contributed by atoms with Gasteiger partial charge in [-0.25, -0.2) is 14.8 Å². The number of nitrogens with one attached hydrogen (secondary N) is 1. The van der Waals surface area contributed by atoms with Crippen LogP contribution in [0.1, 0.15) is 35.8 Å². The highest BCUT2D eigenvalue weighted by atomic mass is 16.2. The van der Waals surface area contributed by atoms with Gasteiger partial charge in [0, 0.05) is 23.7 Å². The molecular formula is C23H22N6O2. The molecule has 4 rings (SSSR count). The number of benzene rings is 2. The minimum absolute atomic E-state index is 0.170. The largest absolute Gasteiger partial charge is 0.292 e. The Hall–Kier alpha value is -4.07. The van der Waals surface area contributed by atoms with Gasteiger partial charge in [-0.05, 0) is 24.6 Å². The molecule has 156 valence electrons. The van der Waals surface area contributed by atoms with Crippen LogP contribution in [0.5, 0.6) is 0 Å². The number of para-hydroxylation sites is 1. The molecule has 0 bridgehead atoms. The molecule has 1 N–H and O–H groups in total. The van der Waals surface area contributed by atoms with Crippen LogP contribution in [0.2, 0.25) is 0 Å². The summed E-state index contributed by atoms with van der Waals surface area (Å²) < 4.78 is 3.08. The molecule has 0 atom stereocenters. The number of fused-ring (bicyclic) bond motifs is 1. The smallest absolute Gasteiger partial charge is 0.267 e. The summed E-state index contributed by atoms with van der Waals surface area (Å²) in [4.78, 5) is 25.4. The van der Waals surface area contributed by atoms with Crippen LogP contribution in [0, 0.1) is 0 Å². The molecule has 1 amide bonds. The van der Waals surface area contributed by atoms with E-state index in [1.165, 1.54) is 10.9 Å². The van der Waals surface area contributed by atoms with Gasteiger partial charge in [0.2, 0.25) is 0 Å². The Labute approximate surface area is 178 Å². The van der Waals surface area contributed by atoms with Crippen molar-refractivity contribution in [1.82, 2.24) is 25.0 Å². The van der Waals surface area contributed by atoms with Gasteiger partial charge in [0.1, 0.15) is 0 Å². The van der Waals surface area contributed by atoms with Crippen molar-refractivity contribution in [3.05, 3.63) is 88.6 Å². The van der Waals surface area contributed by atoms with Crippen LogP contribution in [0.15, 0.2) is 76.9 Å². The van der Waals surface area contributed by atoms with Crippen molar-refractivity contribution < 1.29 is 4.79 Å². The molecule has 0 aliphatic carbocycles. The third-order valence-corrected chi connectivity index (χ3v) is 4.81. The normalized spacial score (nSPS) is 11.3. The van der Waals surface area contributed by atoms with Crippen molar-refractivity contribution >= 4 is 22.9 Å². The number of amides is 1. The quantitative estimate of drug-likeness (QED) is 0.371. The Bertz CT molecular complexity index is 1290. The summed E-state index contributed by atoms with van der Waals surface area (Å²) >= 11 is 0. The molecule has 2 heterocycles. The van der Waals surface area contributed by atoms with Gasteiger partial charge in [0.15, 0.2) is 5.69 Å². The van der Waals surface area contributed by atoms with Crippen LogP contribution >= 0.6 is 0 Å². The summed E-state index contributed by atoms with van der Waals surface area (Å²) in [5.41, 5.74) is 4.14. The van der Waals surface area contributed by atoms with Gasteiger partial charge in [-0.3, -0.25) is 9.59 Å². The number of unbranched alkanes of at least 4 members (excludes halogenated alkanes) is 1. The number of carbonyl (C=O) groups excluding carboxylic acids is 1. The molecule has 0 fully saturated rings. The second kappa shape index (κ2) is 9.17. The molecule has 2 aromatic carbocycles. The van der Waals surface area contributed by atoms with Gasteiger partial charge in [-0.2, -0.15) is 15.3 Å². The number of aromatic nitrogens is 4. The summed E-state index contributed by atoms with van der Waals surface area (Å²) in [6.45, 7) is 2.50. The second-order valence-corrected chi connectivity index (χ2v) is 7.03. The van der Waals surface area contributed by atoms with Crippen LogP contribution in [0.4, 0.5) is 0 Å². The fourth-order valence-electron chi connectivity index (χ4n) is 3.21. The summed E-state index contributed by atoms with van der Waals surface area (Å²) in [6, 6.07) is 16.7. The first-order chi connectivity index (χ1) is 15.2. The van der Waals surface area contributed by atoms with E-state index in [1.54, 1.807) is 35.1 Å². The summed E-state index contributed by atoms with van der Waals surface area (Å²) in [5, 5.41) is 13.6. The maximum atomic E-state index is 12.8. The topological polar surface area (TPSA) is 94.2 Å². The molecule has 4 aromatic rings. The van der Waals surface area contributed by atoms with E-state index in [4.69, 9.17) is 0 Å². The molecule has 8 heteroatoms. The molecule has 31 heavy (non-hydrogen) atoms. The lowest BCUT2D eigenvalue weighted by Gasteiger charge is -2.09. The van der Waals surface area contributed by atoms with E-state index in [0.29, 0.717) is 17.3 Å². The van der Waals surface area contributed by atoms with E-state index < -0.39 is 5.91 Å². The van der Waals surface area contributed by atoms with E-state index in [0.717, 1.165) is 24.1 Å². The average Bonchev–Trinajstić information content (AvgIpc) is 3.28. The molecular weight excluding hydrogens is 392 g/mol. The molecule has 0 saturated heterocycles. The van der Waals surface area contributed by atoms with E-state index >= 15 is 0 Å². The third-order valence-electron chi connectivity index (χ3n) is 4.81. The van der Waals surface area contributed by atoms with Gasteiger partial charge < -0.3 is 0 Å². The Morgan fingerprint density at radius 2 is 1.84 bits per heavy atom. The number of rotatable bonds is 7. The fraction of sp³-hybridized carbons (Fsp3) is 0.174. The third kappa shape index (κ3) is 4.42. The molecule has 0 spiro atoms. The van der Waals surface area contributed by atoms with Crippen LogP contribution in [-0.4, -0.2) is 31.7 Å². The van der Waals surface area contributed by atoms with Gasteiger partial charge in [0.05, 0.1) is 23.5 Å². The molecule has 0 radical (unpaired) electrons. The highest BCUT2D eigenvalue weighted by Crippen LogP contribution is 2.13. The predicted molar refractivity (Wildman–Crippen MR) is 120 cm³/mol. The van der Waals surface area contributed by atoms with Crippen LogP contribution in [0.3, 0.4) is 0 Å². The van der Waals surface area contributed by atoms with Gasteiger partial charge >= 0.3 is 0 Å². The number of aryl methyl sites for hydroxylation is 1. The minimum Gasteiger partial charge on any atom is -0.267 e. The monoisotopic (exact) mass is 414 g/mol. The number of hydrogen-bond acceptors (Lipinski definition) is 5. The second-order valence-electron chi connectivity index (χ2n) is 7.03. The maximum absolute atomic E-state index is 12.8. The van der Waals surface area contributed by atoms with Crippen molar-refractivity contribution in [2.45, 2.75) is 26.3 Å². The Kier molecular flexibility index (Phi) is 5.98. The van der Waals surface area contributed by atoms with Crippen molar-refractivity contribution in [3.63, 3.8) is 0 Å². The average molecular weight is 414 g/mol. The predicted octanol–water partition coefficient (Wildman–Crippen LogP) is 3.15. The molecule has 0 unspecified atom stereocenters. The van der Waals surface area contributed by atoms with Gasteiger partial charge in [0.25, 0.3) is 11.5 Å². The zero-order valence-corrected chi connectivity index (χ0v) is 17.1. The van der Waals surface area contributed by atoms with Crippen molar-refractivity contribution in [2.75, 3.05) is 0 Å². The van der Waals surface area contributed by atoms with E-state index in [9.17, 15) is 9.59 Å². The van der Waals surface area contributed by atoms with Crippen molar-refractivity contribution in [1.29, 1.82) is 0 Å². The molecule has 2 aromatic heterocycles. The lowest BCUT2D eigenvalue weighted by atomic mass is 10.1. The van der Waals surface area contributed by atoms with Gasteiger partial charge in [-0.15, -0.1) is 0 Å². The standard InChI is InChI=1S/C23H22N6O2/c1-2-3-13-28-23(31)20-12-8-7-11-19(20)21(27-28)22(30)26-24-14-17-15-25-29(16-17)18-9-5-4-6-10-18/h4-12,14-16H,2-3,13H2,1H3,(H,26,30)/b24-14-. The lowest BCUT2D eigenvalue weighted by Crippen LogP contribution is -2.29. The van der Waals surface area contributed by atoms with Crippen molar-refractivity contribution in [3.8, 4) is 5.69 Å².